The van der Waals surface area contributed by atoms with Crippen LogP contribution in [-0.4, -0.2) is 44.9 Å². The van der Waals surface area contributed by atoms with Crippen LogP contribution in [0, 0.1) is 0 Å². The SMILES string of the molecule is CCCCCC(=O)N[C@@H]1C(=O)N2[C@@H]1SC(C)(C)[C@@H]2C(=O)[O-].[K+]. The number of aliphatic carboxylic acids is 1. The monoisotopic (exact) mass is 352 g/mol. The number of thioether (sulfide) groups is 1. The predicted molar refractivity (Wildman–Crippen MR) is 77.2 cm³/mol. The van der Waals surface area contributed by atoms with Crippen LogP contribution in [0.1, 0.15) is 46.5 Å². The van der Waals surface area contributed by atoms with Crippen LogP contribution in [0.3, 0.4) is 0 Å². The number of carbonyl (C=O) groups excluding carboxylic acids is 3. The number of nitrogens with zero attached hydrogens (tertiary/aromatic N) is 1. The van der Waals surface area contributed by atoms with Crippen LogP contribution in [0.2, 0.25) is 0 Å². The third-order valence-corrected chi connectivity index (χ3v) is 5.56. The maximum atomic E-state index is 12.1. The van der Waals surface area contributed by atoms with Crippen LogP contribution >= 0.6 is 11.8 Å². The molecule has 2 aliphatic heterocycles. The molecule has 0 spiro atoms. The first-order chi connectivity index (χ1) is 9.79. The van der Waals surface area contributed by atoms with Crippen molar-refractivity contribution in [3.8, 4) is 0 Å². The smallest absolute Gasteiger partial charge is 0.548 e. The second-order valence-electron chi connectivity index (χ2n) is 6.08. The van der Waals surface area contributed by atoms with Gasteiger partial charge in [0.05, 0.1) is 12.0 Å². The molecule has 22 heavy (non-hydrogen) atoms. The Balaban J connectivity index is 0.00000242. The Morgan fingerprint density at radius 3 is 2.55 bits per heavy atom. The molecule has 6 nitrogen and oxygen atoms in total. The Labute approximate surface area is 177 Å². The summed E-state index contributed by atoms with van der Waals surface area (Å²) in [6, 6.07) is -1.54. The molecule has 2 amide bonds. The Bertz CT molecular complexity index is 472. The molecule has 2 fully saturated rings. The summed E-state index contributed by atoms with van der Waals surface area (Å²) in [6.07, 6.45) is 3.22. The average Bonchev–Trinajstić information content (AvgIpc) is 2.65. The number of carboxylic acids is 1. The molecule has 2 saturated heterocycles. The zero-order chi connectivity index (χ0) is 15.8. The summed E-state index contributed by atoms with van der Waals surface area (Å²) in [5, 5.41) is 13.7. The number of amides is 2. The van der Waals surface area contributed by atoms with Gasteiger partial charge >= 0.3 is 51.4 Å². The van der Waals surface area contributed by atoms with E-state index in [1.54, 1.807) is 13.8 Å². The summed E-state index contributed by atoms with van der Waals surface area (Å²) in [6.45, 7) is 5.62. The number of rotatable bonds is 6. The third-order valence-electron chi connectivity index (χ3n) is 3.99. The van der Waals surface area contributed by atoms with E-state index in [2.05, 4.69) is 12.2 Å². The Morgan fingerprint density at radius 1 is 1.36 bits per heavy atom. The van der Waals surface area contributed by atoms with E-state index in [-0.39, 0.29) is 68.6 Å². The minimum Gasteiger partial charge on any atom is -0.548 e. The van der Waals surface area contributed by atoms with Gasteiger partial charge in [-0.1, -0.05) is 19.8 Å². The normalized spacial score (nSPS) is 28.4. The molecule has 8 heteroatoms. The number of β-lactam (4-membered cyclic amide) rings is 1. The van der Waals surface area contributed by atoms with Crippen molar-refractivity contribution in [1.29, 1.82) is 0 Å². The second kappa shape index (κ2) is 7.98. The first-order valence-corrected chi connectivity index (χ1v) is 8.17. The molecule has 0 aromatic rings. The molecule has 0 saturated carbocycles. The van der Waals surface area contributed by atoms with Crippen LogP contribution < -0.4 is 61.8 Å². The van der Waals surface area contributed by atoms with Gasteiger partial charge in [0.25, 0.3) is 0 Å². The zero-order valence-electron chi connectivity index (χ0n) is 13.5. The van der Waals surface area contributed by atoms with Crippen LogP contribution in [0.25, 0.3) is 0 Å². The number of hydrogen-bond donors (Lipinski definition) is 1. The van der Waals surface area contributed by atoms with Crippen LogP contribution in [0.4, 0.5) is 0 Å². The number of nitrogens with one attached hydrogen (secondary N) is 1. The van der Waals surface area contributed by atoms with E-state index in [1.807, 2.05) is 0 Å². The first kappa shape index (κ1) is 20.4. The molecule has 2 heterocycles. The van der Waals surface area contributed by atoms with Crippen molar-refractivity contribution in [3.05, 3.63) is 0 Å². The van der Waals surface area contributed by atoms with E-state index >= 15 is 0 Å². The molecule has 0 aromatic carbocycles. The van der Waals surface area contributed by atoms with Gasteiger partial charge in [-0.15, -0.1) is 11.8 Å². The summed E-state index contributed by atoms with van der Waals surface area (Å²) in [5.74, 6) is -1.70. The molecule has 1 N–H and O–H groups in total. The standard InChI is InChI=1S/C14H22N2O4S.K/c1-4-5-6-7-8(17)15-9-11(18)16-10(13(19)20)14(2,3)21-12(9)16;/h9-10,12H,4-7H2,1-3H3,(H,15,17)(H,19,20);/q;+1/p-1/t9-,10+,12-;/m1./s1. The number of hydrogen-bond acceptors (Lipinski definition) is 5. The van der Waals surface area contributed by atoms with E-state index in [9.17, 15) is 19.5 Å². The van der Waals surface area contributed by atoms with Gasteiger partial charge in [0, 0.05) is 11.2 Å². The molecule has 2 aliphatic rings. The number of carbonyl (C=O) groups is 3. The van der Waals surface area contributed by atoms with E-state index in [0.717, 1.165) is 19.3 Å². The Kier molecular flexibility index (Phi) is 7.42. The third kappa shape index (κ3) is 3.89. The van der Waals surface area contributed by atoms with Crippen molar-refractivity contribution in [2.45, 2.75) is 68.7 Å². The Hall–Kier alpha value is 0.396. The molecular weight excluding hydrogens is 331 g/mol. The number of unbranched alkanes of at least 4 members (excludes halogenated alkanes) is 2. The molecule has 3 atom stereocenters. The topological polar surface area (TPSA) is 89.5 Å². The fourth-order valence-corrected chi connectivity index (χ4v) is 4.53. The first-order valence-electron chi connectivity index (χ1n) is 7.30. The minimum absolute atomic E-state index is 0. The van der Waals surface area contributed by atoms with E-state index in [0.29, 0.717) is 6.42 Å². The van der Waals surface area contributed by atoms with E-state index in [4.69, 9.17) is 0 Å². The molecule has 0 unspecified atom stereocenters. The van der Waals surface area contributed by atoms with Gasteiger partial charge in [0.1, 0.15) is 11.4 Å². The van der Waals surface area contributed by atoms with Gasteiger partial charge in [0.15, 0.2) is 0 Å². The summed E-state index contributed by atoms with van der Waals surface area (Å²) >= 11 is 1.41. The van der Waals surface area contributed by atoms with Crippen LogP contribution in [-0.2, 0) is 14.4 Å². The maximum absolute atomic E-state index is 12.1. The zero-order valence-corrected chi connectivity index (χ0v) is 17.5. The van der Waals surface area contributed by atoms with Crippen LogP contribution in [0.5, 0.6) is 0 Å². The summed E-state index contributed by atoms with van der Waals surface area (Å²) < 4.78 is -0.610. The van der Waals surface area contributed by atoms with Crippen molar-refractivity contribution in [3.63, 3.8) is 0 Å². The molecule has 0 bridgehead atoms. The summed E-state index contributed by atoms with van der Waals surface area (Å²) in [5.41, 5.74) is 0. The molecule has 118 valence electrons. The van der Waals surface area contributed by atoms with Crippen molar-refractivity contribution < 1.29 is 70.9 Å². The molecular formula is C14H21KN2O4S. The fraction of sp³-hybridized carbons (Fsp3) is 0.786. The van der Waals surface area contributed by atoms with Gasteiger partial charge in [0.2, 0.25) is 11.8 Å². The maximum Gasteiger partial charge on any atom is 1.00 e. The van der Waals surface area contributed by atoms with Crippen molar-refractivity contribution in [2.24, 2.45) is 0 Å². The van der Waals surface area contributed by atoms with Crippen molar-refractivity contribution in [1.82, 2.24) is 10.2 Å². The number of carboxylic acid groups (broad SMARTS) is 1. The molecule has 0 aromatic heterocycles. The molecule has 0 radical (unpaired) electrons. The van der Waals surface area contributed by atoms with Gasteiger partial charge in [-0.05, 0) is 20.3 Å². The quantitative estimate of drug-likeness (QED) is 0.310. The van der Waals surface area contributed by atoms with Gasteiger partial charge in [-0.2, -0.15) is 0 Å². The largest absolute Gasteiger partial charge is 1.00 e. The predicted octanol–water partition coefficient (Wildman–Crippen LogP) is -3.13. The minimum atomic E-state index is -1.24. The molecule has 0 aliphatic carbocycles. The van der Waals surface area contributed by atoms with Crippen molar-refractivity contribution >= 4 is 29.5 Å². The molecule has 2 rings (SSSR count). The van der Waals surface area contributed by atoms with E-state index < -0.39 is 22.8 Å². The second-order valence-corrected chi connectivity index (χ2v) is 7.85. The van der Waals surface area contributed by atoms with Gasteiger partial charge in [-0.3, -0.25) is 9.59 Å². The van der Waals surface area contributed by atoms with E-state index in [1.165, 1.54) is 16.7 Å². The van der Waals surface area contributed by atoms with Crippen molar-refractivity contribution in [2.75, 3.05) is 0 Å². The summed E-state index contributed by atoms with van der Waals surface area (Å²) in [7, 11) is 0. The fourth-order valence-electron chi connectivity index (χ4n) is 2.91. The Morgan fingerprint density at radius 2 is 2.00 bits per heavy atom. The van der Waals surface area contributed by atoms with Gasteiger partial charge < -0.3 is 20.1 Å². The van der Waals surface area contributed by atoms with Gasteiger partial charge in [-0.25, -0.2) is 0 Å². The summed E-state index contributed by atoms with van der Waals surface area (Å²) in [4.78, 5) is 36.5. The van der Waals surface area contributed by atoms with Crippen LogP contribution in [0.15, 0.2) is 0 Å². The average molecular weight is 352 g/mol. The number of fused-ring (bicyclic) bond motifs is 1.